The largest absolute Gasteiger partial charge is 0.492 e. The summed E-state index contributed by atoms with van der Waals surface area (Å²) in [5, 5.41) is 2.80. The van der Waals surface area contributed by atoms with E-state index in [1.807, 2.05) is 31.2 Å². The summed E-state index contributed by atoms with van der Waals surface area (Å²) in [5.41, 5.74) is 2.40. The fourth-order valence-corrected chi connectivity index (χ4v) is 4.21. The molecule has 1 N–H and O–H groups in total. The van der Waals surface area contributed by atoms with E-state index in [9.17, 15) is 13.2 Å². The van der Waals surface area contributed by atoms with Crippen LogP contribution in [0.25, 0.3) is 0 Å². The van der Waals surface area contributed by atoms with Gasteiger partial charge in [0.15, 0.2) is 0 Å². The number of hydrogen-bond acceptors (Lipinski definition) is 6. The Morgan fingerprint density at radius 3 is 2.45 bits per heavy atom. The van der Waals surface area contributed by atoms with Gasteiger partial charge in [-0.05, 0) is 36.8 Å². The summed E-state index contributed by atoms with van der Waals surface area (Å²) in [7, 11) is -3.68. The van der Waals surface area contributed by atoms with Crippen LogP contribution < -0.4 is 19.3 Å². The van der Waals surface area contributed by atoms with E-state index in [2.05, 4.69) is 10.2 Å². The summed E-state index contributed by atoms with van der Waals surface area (Å²) in [4.78, 5) is 14.8. The topological polar surface area (TPSA) is 88.2 Å². The lowest BCUT2D eigenvalue weighted by Gasteiger charge is -2.29. The zero-order valence-electron chi connectivity index (χ0n) is 17.9. The molecule has 0 unspecified atom stereocenters. The van der Waals surface area contributed by atoms with Gasteiger partial charge in [-0.15, -0.1) is 0 Å². The molecular weight excluding hydrogens is 418 g/mol. The van der Waals surface area contributed by atoms with Crippen LogP contribution >= 0.6 is 0 Å². The van der Waals surface area contributed by atoms with Gasteiger partial charge in [-0.1, -0.05) is 24.3 Å². The van der Waals surface area contributed by atoms with Gasteiger partial charge < -0.3 is 19.7 Å². The highest BCUT2D eigenvalue weighted by atomic mass is 32.2. The second-order valence-corrected chi connectivity index (χ2v) is 9.12. The second-order valence-electron chi connectivity index (χ2n) is 7.21. The third-order valence-electron chi connectivity index (χ3n) is 4.92. The Hall–Kier alpha value is -2.78. The van der Waals surface area contributed by atoms with Crippen molar-refractivity contribution in [2.24, 2.45) is 0 Å². The minimum atomic E-state index is -3.68. The molecule has 2 aromatic carbocycles. The maximum absolute atomic E-state index is 12.6. The zero-order chi connectivity index (χ0) is 22.3. The SMILES string of the molecule is CCOc1ccccc1N(CC(=O)NCc1ccc(N2CCOCC2)cc1)S(C)(=O)=O. The summed E-state index contributed by atoms with van der Waals surface area (Å²) in [5.74, 6) is 0.0240. The lowest BCUT2D eigenvalue weighted by Crippen LogP contribution is -2.40. The number of morpholine rings is 1. The summed E-state index contributed by atoms with van der Waals surface area (Å²) in [6, 6.07) is 14.8. The van der Waals surface area contributed by atoms with Crippen LogP contribution in [-0.2, 0) is 26.1 Å². The smallest absolute Gasteiger partial charge is 0.241 e. The molecule has 2 aromatic rings. The number of carbonyl (C=O) groups excluding carboxylic acids is 1. The van der Waals surface area contributed by atoms with Crippen molar-refractivity contribution in [3.63, 3.8) is 0 Å². The fraction of sp³-hybridized carbons (Fsp3) is 0.409. The van der Waals surface area contributed by atoms with Gasteiger partial charge in [0.1, 0.15) is 12.3 Å². The Balaban J connectivity index is 1.63. The number of ether oxygens (including phenoxy) is 2. The second kappa shape index (κ2) is 10.5. The van der Waals surface area contributed by atoms with Crippen LogP contribution in [0.1, 0.15) is 12.5 Å². The number of nitrogens with zero attached hydrogens (tertiary/aromatic N) is 2. The van der Waals surface area contributed by atoms with Crippen molar-refractivity contribution in [2.45, 2.75) is 13.5 Å². The number of carbonyl (C=O) groups is 1. The lowest BCUT2D eigenvalue weighted by molar-refractivity contribution is -0.119. The van der Waals surface area contributed by atoms with E-state index < -0.39 is 15.9 Å². The molecule has 0 saturated carbocycles. The van der Waals surface area contributed by atoms with E-state index in [1.165, 1.54) is 0 Å². The molecule has 3 rings (SSSR count). The highest BCUT2D eigenvalue weighted by Gasteiger charge is 2.23. The van der Waals surface area contributed by atoms with Crippen molar-refractivity contribution in [3.8, 4) is 5.75 Å². The maximum Gasteiger partial charge on any atom is 0.241 e. The minimum Gasteiger partial charge on any atom is -0.492 e. The van der Waals surface area contributed by atoms with Gasteiger partial charge in [-0.3, -0.25) is 9.10 Å². The molecule has 0 bridgehead atoms. The molecule has 0 spiro atoms. The Bertz CT molecular complexity index is 973. The van der Waals surface area contributed by atoms with E-state index in [-0.39, 0.29) is 6.54 Å². The fourth-order valence-electron chi connectivity index (χ4n) is 3.35. The molecule has 1 amide bonds. The predicted octanol–water partition coefficient (Wildman–Crippen LogP) is 2.00. The van der Waals surface area contributed by atoms with Gasteiger partial charge in [0, 0.05) is 25.3 Å². The summed E-state index contributed by atoms with van der Waals surface area (Å²) in [6.07, 6.45) is 1.08. The first kappa shape index (κ1) is 22.9. The maximum atomic E-state index is 12.6. The van der Waals surface area contributed by atoms with Gasteiger partial charge in [-0.2, -0.15) is 0 Å². The number of sulfonamides is 1. The summed E-state index contributed by atoms with van der Waals surface area (Å²) in [6.45, 7) is 5.37. The van der Waals surface area contributed by atoms with E-state index in [1.54, 1.807) is 24.3 Å². The van der Waals surface area contributed by atoms with Gasteiger partial charge in [0.2, 0.25) is 15.9 Å². The van der Waals surface area contributed by atoms with Crippen molar-refractivity contribution < 1.29 is 22.7 Å². The minimum absolute atomic E-state index is 0.312. The van der Waals surface area contributed by atoms with Gasteiger partial charge in [0.25, 0.3) is 0 Å². The van der Waals surface area contributed by atoms with E-state index in [0.29, 0.717) is 24.6 Å². The monoisotopic (exact) mass is 447 g/mol. The Kier molecular flexibility index (Phi) is 7.75. The predicted molar refractivity (Wildman–Crippen MR) is 121 cm³/mol. The molecule has 1 saturated heterocycles. The number of anilines is 2. The van der Waals surface area contributed by atoms with Gasteiger partial charge in [-0.25, -0.2) is 8.42 Å². The number of hydrogen-bond donors (Lipinski definition) is 1. The van der Waals surface area contributed by atoms with Crippen molar-refractivity contribution in [2.75, 3.05) is 54.9 Å². The van der Waals surface area contributed by atoms with Gasteiger partial charge >= 0.3 is 0 Å². The molecule has 31 heavy (non-hydrogen) atoms. The van der Waals surface area contributed by atoms with Crippen LogP contribution in [0, 0.1) is 0 Å². The molecule has 0 radical (unpaired) electrons. The molecule has 0 atom stereocenters. The first-order valence-corrected chi connectivity index (χ1v) is 12.1. The van der Waals surface area contributed by atoms with Crippen LogP contribution in [0.5, 0.6) is 5.75 Å². The molecule has 1 aliphatic heterocycles. The third kappa shape index (κ3) is 6.35. The summed E-state index contributed by atoms with van der Waals surface area (Å²) < 4.78 is 36.7. The Morgan fingerprint density at radius 2 is 1.81 bits per heavy atom. The average Bonchev–Trinajstić information content (AvgIpc) is 2.77. The third-order valence-corrected chi connectivity index (χ3v) is 6.05. The van der Waals surface area contributed by atoms with Crippen molar-refractivity contribution in [3.05, 3.63) is 54.1 Å². The highest BCUT2D eigenvalue weighted by Crippen LogP contribution is 2.29. The number of amides is 1. The van der Waals surface area contributed by atoms with Crippen molar-refractivity contribution in [1.29, 1.82) is 0 Å². The van der Waals surface area contributed by atoms with Crippen molar-refractivity contribution >= 4 is 27.3 Å². The Morgan fingerprint density at radius 1 is 1.13 bits per heavy atom. The quantitative estimate of drug-likeness (QED) is 0.633. The molecule has 8 nitrogen and oxygen atoms in total. The lowest BCUT2D eigenvalue weighted by atomic mass is 10.2. The molecule has 1 fully saturated rings. The van der Waals surface area contributed by atoms with E-state index in [4.69, 9.17) is 9.47 Å². The van der Waals surface area contributed by atoms with Gasteiger partial charge in [0.05, 0.1) is 31.8 Å². The number of benzene rings is 2. The number of nitrogens with one attached hydrogen (secondary N) is 1. The highest BCUT2D eigenvalue weighted by molar-refractivity contribution is 7.92. The normalized spacial score (nSPS) is 14.2. The molecule has 1 heterocycles. The molecule has 9 heteroatoms. The average molecular weight is 448 g/mol. The summed E-state index contributed by atoms with van der Waals surface area (Å²) >= 11 is 0. The van der Waals surface area contributed by atoms with Crippen LogP contribution in [0.15, 0.2) is 48.5 Å². The van der Waals surface area contributed by atoms with E-state index in [0.717, 1.165) is 48.1 Å². The first-order valence-electron chi connectivity index (χ1n) is 10.3. The van der Waals surface area contributed by atoms with Crippen LogP contribution in [0.2, 0.25) is 0 Å². The van der Waals surface area contributed by atoms with Crippen LogP contribution in [0.3, 0.4) is 0 Å². The molecule has 168 valence electrons. The Labute approximate surface area is 183 Å². The van der Waals surface area contributed by atoms with Crippen LogP contribution in [-0.4, -0.2) is 60.0 Å². The number of rotatable bonds is 9. The molecule has 0 aromatic heterocycles. The first-order chi connectivity index (χ1) is 14.9. The van der Waals surface area contributed by atoms with E-state index >= 15 is 0 Å². The zero-order valence-corrected chi connectivity index (χ0v) is 18.7. The standard InChI is InChI=1S/C22H29N3O5S/c1-3-30-21-7-5-4-6-20(21)25(31(2,27)28)17-22(26)23-16-18-8-10-19(11-9-18)24-12-14-29-15-13-24/h4-11H,3,12-17H2,1-2H3,(H,23,26). The number of para-hydroxylation sites is 2. The molecule has 0 aliphatic carbocycles. The van der Waals surface area contributed by atoms with Crippen LogP contribution in [0.4, 0.5) is 11.4 Å². The molecular formula is C22H29N3O5S. The van der Waals surface area contributed by atoms with Crippen molar-refractivity contribution in [1.82, 2.24) is 5.32 Å². The molecule has 1 aliphatic rings.